The van der Waals surface area contributed by atoms with Crippen molar-refractivity contribution in [2.24, 2.45) is 0 Å². The molecule has 0 saturated heterocycles. The standard InChI is InChI=1S/C31H58BrNO7/c1-2-3-4-5-6-7-8-9-10-11-12-17-31(36)33-19-23-40-27-25-37-20-13-15-29(34)18-22-39-26-24-38-21-14-16-30(35)28-32/h2-28H2,1H3,(H,33,36). The van der Waals surface area contributed by atoms with Crippen molar-refractivity contribution < 1.29 is 33.3 Å². The Labute approximate surface area is 252 Å². The molecule has 0 aromatic carbocycles. The average molecular weight is 637 g/mol. The number of halogens is 1. The van der Waals surface area contributed by atoms with Crippen LogP contribution in [0.4, 0.5) is 0 Å². The first kappa shape index (κ1) is 39.1. The van der Waals surface area contributed by atoms with Gasteiger partial charge in [0.05, 0.1) is 45.0 Å². The minimum Gasteiger partial charge on any atom is -0.379 e. The normalized spacial score (nSPS) is 11.2. The van der Waals surface area contributed by atoms with Crippen LogP contribution in [0.2, 0.25) is 0 Å². The summed E-state index contributed by atoms with van der Waals surface area (Å²) < 4.78 is 21.8. The number of unbranched alkanes of at least 4 members (excludes halogenated alkanes) is 10. The lowest BCUT2D eigenvalue weighted by atomic mass is 10.1. The Morgan fingerprint density at radius 2 is 0.975 bits per heavy atom. The van der Waals surface area contributed by atoms with Crippen molar-refractivity contribution in [2.45, 2.75) is 116 Å². The minimum atomic E-state index is 0.106. The zero-order chi connectivity index (χ0) is 29.4. The quantitative estimate of drug-likeness (QED) is 0.0662. The van der Waals surface area contributed by atoms with E-state index in [2.05, 4.69) is 28.2 Å². The third-order valence-corrected chi connectivity index (χ3v) is 7.11. The maximum absolute atomic E-state index is 11.9. The number of carbonyl (C=O) groups is 3. The number of nitrogens with one attached hydrogen (secondary N) is 1. The van der Waals surface area contributed by atoms with Gasteiger partial charge in [0, 0.05) is 45.4 Å². The Morgan fingerprint density at radius 1 is 0.500 bits per heavy atom. The molecular weight excluding hydrogens is 578 g/mol. The van der Waals surface area contributed by atoms with Crippen molar-refractivity contribution in [3.05, 3.63) is 0 Å². The Bertz CT molecular complexity index is 592. The van der Waals surface area contributed by atoms with Gasteiger partial charge in [0.1, 0.15) is 11.6 Å². The average Bonchev–Trinajstić information content (AvgIpc) is 2.95. The van der Waals surface area contributed by atoms with Crippen LogP contribution in [0.1, 0.15) is 116 Å². The van der Waals surface area contributed by atoms with E-state index < -0.39 is 0 Å². The smallest absolute Gasteiger partial charge is 0.220 e. The van der Waals surface area contributed by atoms with Crippen LogP contribution >= 0.6 is 15.9 Å². The van der Waals surface area contributed by atoms with E-state index in [0.29, 0.717) is 96.8 Å². The van der Waals surface area contributed by atoms with Gasteiger partial charge in [-0.1, -0.05) is 87.1 Å². The third-order valence-electron chi connectivity index (χ3n) is 6.48. The van der Waals surface area contributed by atoms with E-state index in [4.69, 9.17) is 18.9 Å². The molecule has 0 aliphatic carbocycles. The minimum absolute atomic E-state index is 0.106. The molecule has 1 N–H and O–H groups in total. The summed E-state index contributed by atoms with van der Waals surface area (Å²) in [5.74, 6) is 0.450. The van der Waals surface area contributed by atoms with Gasteiger partial charge in [0.15, 0.2) is 0 Å². The lowest BCUT2D eigenvalue weighted by Gasteiger charge is -2.08. The largest absolute Gasteiger partial charge is 0.379 e. The van der Waals surface area contributed by atoms with Gasteiger partial charge in [-0.05, 0) is 19.3 Å². The number of hydrogen-bond acceptors (Lipinski definition) is 7. The van der Waals surface area contributed by atoms with E-state index in [1.165, 1.54) is 57.8 Å². The molecule has 0 aromatic rings. The lowest BCUT2D eigenvalue weighted by molar-refractivity contribution is -0.122. The molecule has 236 valence electrons. The summed E-state index contributed by atoms with van der Waals surface area (Å²) in [4.78, 5) is 34.9. The van der Waals surface area contributed by atoms with Gasteiger partial charge in [-0.15, -0.1) is 0 Å². The summed E-state index contributed by atoms with van der Waals surface area (Å²) in [6.45, 7) is 6.60. The third kappa shape index (κ3) is 31.7. The molecule has 0 bridgehead atoms. The monoisotopic (exact) mass is 635 g/mol. The van der Waals surface area contributed by atoms with E-state index in [1.807, 2.05) is 0 Å². The molecule has 8 nitrogen and oxygen atoms in total. The topological polar surface area (TPSA) is 100 Å². The predicted molar refractivity (Wildman–Crippen MR) is 164 cm³/mol. The molecule has 0 aromatic heterocycles. The zero-order valence-corrected chi connectivity index (χ0v) is 26.9. The highest BCUT2D eigenvalue weighted by atomic mass is 79.9. The van der Waals surface area contributed by atoms with Crippen molar-refractivity contribution in [3.8, 4) is 0 Å². The summed E-state index contributed by atoms with van der Waals surface area (Å²) in [6, 6.07) is 0. The first-order valence-corrected chi connectivity index (χ1v) is 16.9. The molecule has 0 rings (SSSR count). The molecule has 0 radical (unpaired) electrons. The van der Waals surface area contributed by atoms with Gasteiger partial charge in [0.25, 0.3) is 0 Å². The Morgan fingerprint density at radius 3 is 1.52 bits per heavy atom. The number of ketones is 2. The van der Waals surface area contributed by atoms with Gasteiger partial charge in [-0.2, -0.15) is 0 Å². The maximum Gasteiger partial charge on any atom is 0.220 e. The second-order valence-corrected chi connectivity index (χ2v) is 10.8. The zero-order valence-electron chi connectivity index (χ0n) is 25.3. The molecule has 0 atom stereocenters. The SMILES string of the molecule is CCCCCCCCCCCCCC(=O)NCCOCCOCCCC(=O)CCOCCOCCCC(=O)CBr. The summed E-state index contributed by atoms with van der Waals surface area (Å²) in [5.41, 5.74) is 0. The number of ether oxygens (including phenoxy) is 4. The first-order chi connectivity index (χ1) is 19.6. The predicted octanol–water partition coefficient (Wildman–Crippen LogP) is 6.35. The molecule has 9 heteroatoms. The second kappa shape index (κ2) is 32.6. The highest BCUT2D eigenvalue weighted by Crippen LogP contribution is 2.11. The van der Waals surface area contributed by atoms with Crippen LogP contribution in [0.3, 0.4) is 0 Å². The van der Waals surface area contributed by atoms with Crippen molar-refractivity contribution in [1.29, 1.82) is 0 Å². The van der Waals surface area contributed by atoms with Crippen molar-refractivity contribution >= 4 is 33.4 Å². The highest BCUT2D eigenvalue weighted by Gasteiger charge is 2.04. The fourth-order valence-electron chi connectivity index (χ4n) is 4.07. The van der Waals surface area contributed by atoms with Crippen LogP contribution in [0.5, 0.6) is 0 Å². The number of hydrogen-bond donors (Lipinski definition) is 1. The number of Topliss-reactive ketones (excluding diaryl/α,β-unsaturated/α-hetero) is 2. The van der Waals surface area contributed by atoms with Gasteiger partial charge in [0.2, 0.25) is 5.91 Å². The number of alkyl halides is 1. The van der Waals surface area contributed by atoms with E-state index in [0.717, 1.165) is 19.3 Å². The fraction of sp³-hybridized carbons (Fsp3) is 0.903. The highest BCUT2D eigenvalue weighted by molar-refractivity contribution is 9.09. The van der Waals surface area contributed by atoms with E-state index in [9.17, 15) is 14.4 Å². The molecule has 0 fully saturated rings. The van der Waals surface area contributed by atoms with Crippen LogP contribution in [0.15, 0.2) is 0 Å². The van der Waals surface area contributed by atoms with Crippen LogP contribution in [-0.4, -0.2) is 82.2 Å². The molecule has 40 heavy (non-hydrogen) atoms. The molecule has 0 unspecified atom stereocenters. The molecule has 1 amide bonds. The summed E-state index contributed by atoms with van der Waals surface area (Å²) in [7, 11) is 0. The molecule has 0 heterocycles. The van der Waals surface area contributed by atoms with Gasteiger partial charge >= 0.3 is 0 Å². The van der Waals surface area contributed by atoms with Gasteiger partial charge < -0.3 is 24.3 Å². The molecule has 0 saturated carbocycles. The molecule has 0 aliphatic heterocycles. The Balaban J connectivity index is 3.26. The Kier molecular flexibility index (Phi) is 31.9. The summed E-state index contributed by atoms with van der Waals surface area (Å²) in [6.07, 6.45) is 17.5. The maximum atomic E-state index is 11.9. The van der Waals surface area contributed by atoms with Crippen LogP contribution in [0, 0.1) is 0 Å². The molecular formula is C31H58BrNO7. The number of rotatable bonds is 33. The van der Waals surface area contributed by atoms with E-state index in [-0.39, 0.29) is 17.5 Å². The number of carbonyl (C=O) groups excluding carboxylic acids is 3. The second-order valence-electron chi connectivity index (χ2n) is 10.3. The summed E-state index contributed by atoms with van der Waals surface area (Å²) >= 11 is 3.13. The fourth-order valence-corrected chi connectivity index (χ4v) is 4.35. The first-order valence-electron chi connectivity index (χ1n) is 15.8. The summed E-state index contributed by atoms with van der Waals surface area (Å²) in [5, 5.41) is 3.31. The van der Waals surface area contributed by atoms with Crippen LogP contribution in [-0.2, 0) is 33.3 Å². The van der Waals surface area contributed by atoms with E-state index in [1.54, 1.807) is 0 Å². The van der Waals surface area contributed by atoms with Crippen LogP contribution < -0.4 is 5.32 Å². The van der Waals surface area contributed by atoms with Crippen LogP contribution in [0.25, 0.3) is 0 Å². The number of amides is 1. The lowest BCUT2D eigenvalue weighted by Crippen LogP contribution is -2.27. The van der Waals surface area contributed by atoms with Gasteiger partial charge in [-0.3, -0.25) is 14.4 Å². The Hall–Kier alpha value is -0.870. The van der Waals surface area contributed by atoms with Crippen molar-refractivity contribution in [3.63, 3.8) is 0 Å². The van der Waals surface area contributed by atoms with E-state index >= 15 is 0 Å². The van der Waals surface area contributed by atoms with Crippen molar-refractivity contribution in [1.82, 2.24) is 5.32 Å². The molecule has 0 spiro atoms. The molecule has 0 aliphatic rings. The van der Waals surface area contributed by atoms with Gasteiger partial charge in [-0.25, -0.2) is 0 Å². The van der Waals surface area contributed by atoms with Crippen molar-refractivity contribution in [2.75, 3.05) is 64.7 Å².